The van der Waals surface area contributed by atoms with Crippen LogP contribution in [0.3, 0.4) is 0 Å². The fraction of sp³-hybridized carbons (Fsp3) is 0.294. The van der Waals surface area contributed by atoms with Gasteiger partial charge in [-0.15, -0.1) is 11.3 Å². The fourth-order valence-electron chi connectivity index (χ4n) is 3.39. The number of likely N-dealkylation sites (tertiary alicyclic amines) is 1. The van der Waals surface area contributed by atoms with Gasteiger partial charge >= 0.3 is 5.91 Å². The van der Waals surface area contributed by atoms with Crippen molar-refractivity contribution in [3.63, 3.8) is 0 Å². The molecule has 6 heteroatoms. The van der Waals surface area contributed by atoms with Crippen molar-refractivity contribution < 1.29 is 14.0 Å². The van der Waals surface area contributed by atoms with Crippen LogP contribution in [0.25, 0.3) is 0 Å². The van der Waals surface area contributed by atoms with Gasteiger partial charge in [0.2, 0.25) is 0 Å². The zero-order valence-corrected chi connectivity index (χ0v) is 13.2. The zero-order chi connectivity index (χ0) is 16.0. The van der Waals surface area contributed by atoms with E-state index >= 15 is 0 Å². The van der Waals surface area contributed by atoms with Crippen molar-refractivity contribution in [2.75, 3.05) is 18.1 Å². The number of hydrogen-bond acceptors (Lipinski definition) is 4. The molecule has 0 radical (unpaired) electrons. The maximum Gasteiger partial charge on any atom is 0.300 e. The van der Waals surface area contributed by atoms with Crippen LogP contribution in [0, 0.1) is 5.82 Å². The molecular formula is C17H15FN2O2S. The maximum atomic E-state index is 13.4. The molecule has 0 unspecified atom stereocenters. The molecule has 1 aromatic carbocycles. The van der Waals surface area contributed by atoms with E-state index in [2.05, 4.69) is 16.3 Å². The Kier molecular flexibility index (Phi) is 3.50. The quantitative estimate of drug-likeness (QED) is 0.812. The highest BCUT2D eigenvalue weighted by Gasteiger charge is 2.38. The van der Waals surface area contributed by atoms with Crippen molar-refractivity contribution >= 4 is 28.7 Å². The third-order valence-corrected chi connectivity index (χ3v) is 5.47. The number of benzene rings is 1. The summed E-state index contributed by atoms with van der Waals surface area (Å²) in [6.07, 6.45) is 2.11. The number of amides is 1. The molecule has 1 saturated heterocycles. The molecule has 3 heterocycles. The fourth-order valence-corrected chi connectivity index (χ4v) is 4.29. The van der Waals surface area contributed by atoms with E-state index in [4.69, 9.17) is 0 Å². The largest absolute Gasteiger partial charge is 0.300 e. The van der Waals surface area contributed by atoms with Crippen molar-refractivity contribution in [3.8, 4) is 0 Å². The third kappa shape index (κ3) is 2.38. The van der Waals surface area contributed by atoms with Crippen LogP contribution in [0.2, 0.25) is 0 Å². The van der Waals surface area contributed by atoms with Crippen molar-refractivity contribution in [1.29, 1.82) is 0 Å². The molecule has 0 spiro atoms. The standard InChI is InChI=1S/C17H15FN2O2S/c18-11-5-6-13-12(9-11)16(21)17(22)20(13)10-19-7-1-3-14(19)15-4-2-8-23-15/h2,4-6,8-9,14H,1,3,7,10H2/t14-/m0/s1. The zero-order valence-electron chi connectivity index (χ0n) is 12.4. The monoisotopic (exact) mass is 330 g/mol. The Labute approximate surface area is 137 Å². The van der Waals surface area contributed by atoms with Gasteiger partial charge < -0.3 is 0 Å². The first-order valence-electron chi connectivity index (χ1n) is 7.58. The lowest BCUT2D eigenvalue weighted by atomic mass is 10.1. The van der Waals surface area contributed by atoms with E-state index in [-0.39, 0.29) is 11.6 Å². The van der Waals surface area contributed by atoms with Gasteiger partial charge in [0, 0.05) is 17.5 Å². The molecule has 118 valence electrons. The normalized spacial score (nSPS) is 21.3. The van der Waals surface area contributed by atoms with E-state index in [0.29, 0.717) is 12.4 Å². The highest BCUT2D eigenvalue weighted by molar-refractivity contribution is 7.10. The molecule has 4 rings (SSSR count). The van der Waals surface area contributed by atoms with E-state index in [9.17, 15) is 14.0 Å². The molecule has 4 nitrogen and oxygen atoms in total. The van der Waals surface area contributed by atoms with Crippen LogP contribution in [-0.2, 0) is 4.79 Å². The van der Waals surface area contributed by atoms with Crippen molar-refractivity contribution in [3.05, 3.63) is 52.0 Å². The van der Waals surface area contributed by atoms with Gasteiger partial charge in [0.25, 0.3) is 5.78 Å². The molecular weight excluding hydrogens is 315 g/mol. The summed E-state index contributed by atoms with van der Waals surface area (Å²) < 4.78 is 13.4. The summed E-state index contributed by atoms with van der Waals surface area (Å²) in [5.41, 5.74) is 0.681. The second-order valence-corrected chi connectivity index (χ2v) is 6.83. The number of thiophene rings is 1. The van der Waals surface area contributed by atoms with Crippen molar-refractivity contribution in [1.82, 2.24) is 4.90 Å². The van der Waals surface area contributed by atoms with E-state index in [0.717, 1.165) is 25.5 Å². The summed E-state index contributed by atoms with van der Waals surface area (Å²) in [7, 11) is 0. The Morgan fingerprint density at radius 3 is 2.91 bits per heavy atom. The number of hydrogen-bond donors (Lipinski definition) is 0. The van der Waals surface area contributed by atoms with Gasteiger partial charge in [-0.3, -0.25) is 19.4 Å². The number of nitrogens with zero attached hydrogens (tertiary/aromatic N) is 2. The number of rotatable bonds is 3. The van der Waals surface area contributed by atoms with E-state index in [1.165, 1.54) is 21.9 Å². The number of halogens is 1. The Morgan fingerprint density at radius 2 is 2.13 bits per heavy atom. The molecule has 1 fully saturated rings. The molecule has 2 aliphatic rings. The SMILES string of the molecule is O=C1C(=O)N(CN2CCC[C@H]2c2cccs2)c2ccc(F)cc21. The van der Waals surface area contributed by atoms with Crippen LogP contribution >= 0.6 is 11.3 Å². The molecule has 0 N–H and O–H groups in total. The first kappa shape index (κ1) is 14.5. The number of anilines is 1. The van der Waals surface area contributed by atoms with Crippen LogP contribution in [0.5, 0.6) is 0 Å². The van der Waals surface area contributed by atoms with Crippen LogP contribution in [0.15, 0.2) is 35.7 Å². The van der Waals surface area contributed by atoms with Gasteiger partial charge in [0.05, 0.1) is 17.9 Å². The van der Waals surface area contributed by atoms with Crippen LogP contribution in [-0.4, -0.2) is 29.8 Å². The van der Waals surface area contributed by atoms with Gasteiger partial charge in [0.15, 0.2) is 0 Å². The molecule has 1 aromatic heterocycles. The van der Waals surface area contributed by atoms with Gasteiger partial charge in [0.1, 0.15) is 5.82 Å². The Balaban J connectivity index is 1.62. The molecule has 0 bridgehead atoms. The van der Waals surface area contributed by atoms with Gasteiger partial charge in [-0.25, -0.2) is 4.39 Å². The van der Waals surface area contributed by atoms with E-state index in [1.807, 2.05) is 6.07 Å². The highest BCUT2D eigenvalue weighted by atomic mass is 32.1. The number of carbonyl (C=O) groups is 2. The lowest BCUT2D eigenvalue weighted by Gasteiger charge is -2.28. The first-order valence-corrected chi connectivity index (χ1v) is 8.46. The summed E-state index contributed by atoms with van der Waals surface area (Å²) in [5.74, 6) is -1.68. The van der Waals surface area contributed by atoms with Crippen molar-refractivity contribution in [2.24, 2.45) is 0 Å². The third-order valence-electron chi connectivity index (χ3n) is 4.49. The van der Waals surface area contributed by atoms with E-state index in [1.54, 1.807) is 11.3 Å². The van der Waals surface area contributed by atoms with Gasteiger partial charge in [-0.05, 0) is 42.5 Å². The molecule has 1 amide bonds. The van der Waals surface area contributed by atoms with Crippen LogP contribution in [0.1, 0.15) is 34.1 Å². The summed E-state index contributed by atoms with van der Waals surface area (Å²) in [6, 6.07) is 8.37. The second-order valence-electron chi connectivity index (χ2n) is 5.85. The molecule has 0 aliphatic carbocycles. The van der Waals surface area contributed by atoms with E-state index < -0.39 is 17.5 Å². The predicted octanol–water partition coefficient (Wildman–Crippen LogP) is 3.21. The van der Waals surface area contributed by atoms with Gasteiger partial charge in [-0.1, -0.05) is 6.07 Å². The van der Waals surface area contributed by atoms with Crippen molar-refractivity contribution in [2.45, 2.75) is 18.9 Å². The summed E-state index contributed by atoms with van der Waals surface area (Å²) in [5, 5.41) is 2.05. The Morgan fingerprint density at radius 1 is 1.26 bits per heavy atom. The molecule has 23 heavy (non-hydrogen) atoms. The number of carbonyl (C=O) groups excluding carboxylic acids is 2. The minimum Gasteiger partial charge on any atom is -0.291 e. The number of fused-ring (bicyclic) bond motifs is 1. The summed E-state index contributed by atoms with van der Waals surface area (Å²) in [6.45, 7) is 1.25. The topological polar surface area (TPSA) is 40.6 Å². The summed E-state index contributed by atoms with van der Waals surface area (Å²) >= 11 is 1.71. The molecule has 2 aromatic rings. The Bertz CT molecular complexity index is 775. The minimum atomic E-state index is -0.619. The Hall–Kier alpha value is -2.05. The molecule has 1 atom stereocenters. The average molecular weight is 330 g/mol. The van der Waals surface area contributed by atoms with Crippen LogP contribution in [0.4, 0.5) is 10.1 Å². The number of ketones is 1. The lowest BCUT2D eigenvalue weighted by molar-refractivity contribution is -0.114. The molecule has 2 aliphatic heterocycles. The first-order chi connectivity index (χ1) is 11.1. The molecule has 0 saturated carbocycles. The number of Topliss-reactive ketones (excluding diaryl/α,β-unsaturated/α-hetero) is 1. The minimum absolute atomic E-state index is 0.168. The average Bonchev–Trinajstić information content (AvgIpc) is 3.25. The lowest BCUT2D eigenvalue weighted by Crippen LogP contribution is -2.40. The maximum absolute atomic E-state index is 13.4. The van der Waals surface area contributed by atoms with Gasteiger partial charge in [-0.2, -0.15) is 0 Å². The second kappa shape index (κ2) is 5.54. The smallest absolute Gasteiger partial charge is 0.291 e. The summed E-state index contributed by atoms with van der Waals surface area (Å²) in [4.78, 5) is 29.3. The van der Waals surface area contributed by atoms with Crippen LogP contribution < -0.4 is 4.90 Å². The predicted molar refractivity (Wildman–Crippen MR) is 86.1 cm³/mol. The highest BCUT2D eigenvalue weighted by Crippen LogP contribution is 2.36.